The van der Waals surface area contributed by atoms with Crippen LogP contribution in [0.5, 0.6) is 0 Å². The second-order valence-electron chi connectivity index (χ2n) is 4.44. The molecule has 17 heavy (non-hydrogen) atoms. The molecule has 2 saturated heterocycles. The summed E-state index contributed by atoms with van der Waals surface area (Å²) in [7, 11) is 0. The summed E-state index contributed by atoms with van der Waals surface area (Å²) >= 11 is 1.62. The summed E-state index contributed by atoms with van der Waals surface area (Å²) in [5.41, 5.74) is 2.95. The van der Waals surface area contributed by atoms with Gasteiger partial charge in [0, 0.05) is 36.9 Å². The highest BCUT2D eigenvalue weighted by molar-refractivity contribution is 7.07. The van der Waals surface area contributed by atoms with Gasteiger partial charge in [0.25, 0.3) is 0 Å². The summed E-state index contributed by atoms with van der Waals surface area (Å²) in [6.45, 7) is 1.88. The number of rotatable bonds is 3. The van der Waals surface area contributed by atoms with E-state index in [1.54, 1.807) is 11.3 Å². The van der Waals surface area contributed by atoms with Gasteiger partial charge in [-0.15, -0.1) is 23.7 Å². The van der Waals surface area contributed by atoms with Gasteiger partial charge in [-0.2, -0.15) is 0 Å². The van der Waals surface area contributed by atoms with Crippen LogP contribution in [0.4, 0.5) is 0 Å². The van der Waals surface area contributed by atoms with Crippen molar-refractivity contribution in [3.05, 3.63) is 16.6 Å². The fourth-order valence-electron chi connectivity index (χ4n) is 2.71. The zero-order chi connectivity index (χ0) is 11.0. The fraction of sp³-hybridized carbons (Fsp3) is 0.636. The molecule has 0 bridgehead atoms. The number of likely N-dealkylation sites (tertiary alicyclic amines) is 1. The van der Waals surface area contributed by atoms with Crippen LogP contribution < -0.4 is 5.32 Å². The lowest BCUT2D eigenvalue weighted by Gasteiger charge is -2.22. The topological polar surface area (TPSA) is 45.2 Å². The van der Waals surface area contributed by atoms with Crippen LogP contribution in [0.1, 0.15) is 18.5 Å². The predicted molar refractivity (Wildman–Crippen MR) is 69.6 cm³/mol. The Kier molecular flexibility index (Phi) is 4.01. The number of nitrogens with one attached hydrogen (secondary N) is 1. The molecule has 0 radical (unpaired) electrons. The van der Waals surface area contributed by atoms with Gasteiger partial charge in [0.15, 0.2) is 0 Å². The molecule has 94 valence electrons. The van der Waals surface area contributed by atoms with E-state index in [1.165, 1.54) is 0 Å². The summed E-state index contributed by atoms with van der Waals surface area (Å²) in [6.07, 6.45) is 2.67. The molecule has 2 atom stereocenters. The smallest absolute Gasteiger partial charge is 0.224 e. The number of carbonyl (C=O) groups is 1. The van der Waals surface area contributed by atoms with Crippen molar-refractivity contribution in [1.29, 1.82) is 0 Å². The highest BCUT2D eigenvalue weighted by Gasteiger charge is 2.41. The second-order valence-corrected chi connectivity index (χ2v) is 5.16. The number of aromatic nitrogens is 1. The maximum atomic E-state index is 11.8. The zero-order valence-electron chi connectivity index (χ0n) is 9.46. The van der Waals surface area contributed by atoms with Crippen LogP contribution in [0.25, 0.3) is 0 Å². The molecule has 0 aliphatic carbocycles. The lowest BCUT2D eigenvalue weighted by atomic mass is 10.1. The molecule has 4 nitrogen and oxygen atoms in total. The molecule has 2 aliphatic rings. The van der Waals surface area contributed by atoms with Gasteiger partial charge < -0.3 is 10.2 Å². The number of nitrogens with zero attached hydrogens (tertiary/aromatic N) is 2. The number of carbonyl (C=O) groups excluding carboxylic acids is 1. The lowest BCUT2D eigenvalue weighted by Crippen LogP contribution is -2.37. The molecule has 3 rings (SSSR count). The number of thiazole rings is 1. The SMILES string of the molecule is Cl.O=C1C[C@H]2NCC[C@H]2N1CCc1cscn1. The van der Waals surface area contributed by atoms with Gasteiger partial charge in [-0.25, -0.2) is 4.98 Å². The lowest BCUT2D eigenvalue weighted by molar-refractivity contribution is -0.129. The Morgan fingerprint density at radius 3 is 3.24 bits per heavy atom. The molecule has 1 N–H and O–H groups in total. The minimum atomic E-state index is 0. The predicted octanol–water partition coefficient (Wildman–Crippen LogP) is 1.07. The van der Waals surface area contributed by atoms with Crippen molar-refractivity contribution in [3.63, 3.8) is 0 Å². The molecule has 3 heterocycles. The molecular formula is C11H16ClN3OS. The Hall–Kier alpha value is -0.650. The third kappa shape index (κ3) is 2.46. The number of amides is 1. The molecule has 0 unspecified atom stereocenters. The highest BCUT2D eigenvalue weighted by Crippen LogP contribution is 2.26. The first-order valence-corrected chi connectivity index (χ1v) is 6.69. The van der Waals surface area contributed by atoms with Gasteiger partial charge in [0.1, 0.15) is 0 Å². The monoisotopic (exact) mass is 273 g/mol. The van der Waals surface area contributed by atoms with Gasteiger partial charge in [-0.1, -0.05) is 0 Å². The van der Waals surface area contributed by atoms with Crippen LogP contribution in [0.15, 0.2) is 10.9 Å². The minimum absolute atomic E-state index is 0. The third-order valence-corrected chi connectivity index (χ3v) is 4.15. The van der Waals surface area contributed by atoms with Crippen molar-refractivity contribution in [1.82, 2.24) is 15.2 Å². The van der Waals surface area contributed by atoms with E-state index in [1.807, 2.05) is 10.4 Å². The van der Waals surface area contributed by atoms with E-state index in [0.717, 1.165) is 31.6 Å². The first-order valence-electron chi connectivity index (χ1n) is 5.74. The summed E-state index contributed by atoms with van der Waals surface area (Å²) in [6, 6.07) is 0.842. The van der Waals surface area contributed by atoms with Gasteiger partial charge in [-0.05, 0) is 13.0 Å². The Morgan fingerprint density at radius 1 is 1.59 bits per heavy atom. The van der Waals surface area contributed by atoms with E-state index in [4.69, 9.17) is 0 Å². The van der Waals surface area contributed by atoms with E-state index in [0.29, 0.717) is 24.4 Å². The molecule has 6 heteroatoms. The van der Waals surface area contributed by atoms with Crippen LogP contribution in [-0.2, 0) is 11.2 Å². The standard InChI is InChI=1S/C11H15N3OS.ClH/c15-11-5-9-10(1-3-12-9)14(11)4-2-8-6-16-7-13-8;/h6-7,9-10,12H,1-5H2;1H/t9-,10-;/m1./s1. The number of fused-ring (bicyclic) bond motifs is 1. The normalized spacial score (nSPS) is 27.1. The minimum Gasteiger partial charge on any atom is -0.338 e. The molecule has 1 aromatic rings. The first-order chi connectivity index (χ1) is 7.84. The van der Waals surface area contributed by atoms with Gasteiger partial charge in [-0.3, -0.25) is 4.79 Å². The van der Waals surface area contributed by atoms with Crippen molar-refractivity contribution in [3.8, 4) is 0 Å². The third-order valence-electron chi connectivity index (χ3n) is 3.52. The zero-order valence-corrected chi connectivity index (χ0v) is 11.1. The van der Waals surface area contributed by atoms with Crippen molar-refractivity contribution >= 4 is 29.7 Å². The molecule has 1 aromatic heterocycles. The van der Waals surface area contributed by atoms with Crippen molar-refractivity contribution < 1.29 is 4.79 Å². The summed E-state index contributed by atoms with van der Waals surface area (Å²) in [5, 5.41) is 5.46. The van der Waals surface area contributed by atoms with Gasteiger partial charge in [0.2, 0.25) is 5.91 Å². The number of halogens is 1. The van der Waals surface area contributed by atoms with E-state index >= 15 is 0 Å². The Morgan fingerprint density at radius 2 is 2.47 bits per heavy atom. The van der Waals surface area contributed by atoms with Crippen LogP contribution in [0.3, 0.4) is 0 Å². The van der Waals surface area contributed by atoms with E-state index in [9.17, 15) is 4.79 Å². The van der Waals surface area contributed by atoms with Gasteiger partial charge >= 0.3 is 0 Å². The Balaban J connectivity index is 0.00000108. The number of hydrogen-bond donors (Lipinski definition) is 1. The molecule has 2 aliphatic heterocycles. The van der Waals surface area contributed by atoms with Crippen molar-refractivity contribution in [2.24, 2.45) is 0 Å². The molecule has 0 aromatic carbocycles. The Labute approximate surface area is 111 Å². The largest absolute Gasteiger partial charge is 0.338 e. The Bertz CT molecular complexity index is 384. The quantitative estimate of drug-likeness (QED) is 0.896. The van der Waals surface area contributed by atoms with E-state index < -0.39 is 0 Å². The molecule has 2 fully saturated rings. The summed E-state index contributed by atoms with van der Waals surface area (Å²) < 4.78 is 0. The average Bonchev–Trinajstić information content (AvgIpc) is 2.92. The molecule has 0 spiro atoms. The van der Waals surface area contributed by atoms with E-state index in [2.05, 4.69) is 15.7 Å². The maximum absolute atomic E-state index is 11.8. The molecule has 1 amide bonds. The first kappa shape index (κ1) is 12.8. The van der Waals surface area contributed by atoms with E-state index in [-0.39, 0.29) is 12.4 Å². The van der Waals surface area contributed by atoms with Crippen molar-refractivity contribution in [2.75, 3.05) is 13.1 Å². The fourth-order valence-corrected chi connectivity index (χ4v) is 3.30. The molecule has 0 saturated carbocycles. The maximum Gasteiger partial charge on any atom is 0.224 e. The van der Waals surface area contributed by atoms with Crippen LogP contribution >= 0.6 is 23.7 Å². The van der Waals surface area contributed by atoms with Crippen LogP contribution in [0, 0.1) is 0 Å². The average molecular weight is 274 g/mol. The van der Waals surface area contributed by atoms with Crippen LogP contribution in [-0.4, -0.2) is 41.0 Å². The number of hydrogen-bond acceptors (Lipinski definition) is 4. The summed E-state index contributed by atoms with van der Waals surface area (Å²) in [5.74, 6) is 0.303. The highest BCUT2D eigenvalue weighted by atomic mass is 35.5. The summed E-state index contributed by atoms with van der Waals surface area (Å²) in [4.78, 5) is 18.1. The van der Waals surface area contributed by atoms with Crippen molar-refractivity contribution in [2.45, 2.75) is 31.3 Å². The van der Waals surface area contributed by atoms with Gasteiger partial charge in [0.05, 0.1) is 11.2 Å². The second kappa shape index (κ2) is 5.33. The molecular weight excluding hydrogens is 258 g/mol. The van der Waals surface area contributed by atoms with Crippen LogP contribution in [0.2, 0.25) is 0 Å².